The maximum absolute atomic E-state index is 13.6. The Kier molecular flexibility index (Phi) is 7.54. The number of imidazole rings is 1. The highest BCUT2D eigenvalue weighted by Gasteiger charge is 2.24. The van der Waals surface area contributed by atoms with E-state index in [4.69, 9.17) is 21.3 Å². The minimum atomic E-state index is -0.184. The lowest BCUT2D eigenvalue weighted by Gasteiger charge is -2.21. The summed E-state index contributed by atoms with van der Waals surface area (Å²) in [5, 5.41) is 1.15. The predicted octanol–water partition coefficient (Wildman–Crippen LogP) is 5.62. The molecule has 0 N–H and O–H groups in total. The highest BCUT2D eigenvalue weighted by atomic mass is 35.5. The van der Waals surface area contributed by atoms with Crippen molar-refractivity contribution in [3.63, 3.8) is 0 Å². The molecule has 0 saturated heterocycles. The van der Waals surface area contributed by atoms with Gasteiger partial charge in [-0.3, -0.25) is 9.69 Å². The van der Waals surface area contributed by atoms with Crippen molar-refractivity contribution in [2.24, 2.45) is 0 Å². The molecule has 0 radical (unpaired) electrons. The summed E-state index contributed by atoms with van der Waals surface area (Å²) in [7, 11) is 1.55. The van der Waals surface area contributed by atoms with Gasteiger partial charge in [0.2, 0.25) is 0 Å². The van der Waals surface area contributed by atoms with Gasteiger partial charge in [0, 0.05) is 30.5 Å². The molecule has 6 nitrogen and oxygen atoms in total. The number of hydrogen-bond acceptors (Lipinski definition) is 5. The molecule has 0 aliphatic rings. The van der Waals surface area contributed by atoms with Crippen molar-refractivity contribution in [3.8, 4) is 5.75 Å². The second-order valence-electron chi connectivity index (χ2n) is 6.87. The Bertz CT molecular complexity index is 1180. The van der Waals surface area contributed by atoms with Crippen molar-refractivity contribution < 1.29 is 9.53 Å². The fourth-order valence-corrected chi connectivity index (χ4v) is 4.54. The summed E-state index contributed by atoms with van der Waals surface area (Å²) in [5.41, 5.74) is 2.42. The third-order valence-electron chi connectivity index (χ3n) is 4.83. The van der Waals surface area contributed by atoms with Gasteiger partial charge in [-0.05, 0) is 43.2 Å². The number of aryl methyl sites for hydroxylation is 2. The minimum Gasteiger partial charge on any atom is -0.496 e. The number of methoxy groups -OCH3 is 1. The molecule has 0 saturated carbocycles. The van der Waals surface area contributed by atoms with Crippen LogP contribution in [0.25, 0.3) is 10.2 Å². The van der Waals surface area contributed by atoms with Gasteiger partial charge in [-0.1, -0.05) is 35.1 Å². The molecular formula is C22H22Cl2N4O2S. The van der Waals surface area contributed by atoms with Crippen molar-refractivity contribution in [2.45, 2.75) is 19.9 Å². The lowest BCUT2D eigenvalue weighted by molar-refractivity contribution is 0.0983. The highest BCUT2D eigenvalue weighted by Crippen LogP contribution is 2.33. The zero-order chi connectivity index (χ0) is 21.1. The Balaban J connectivity index is 0.00000272. The number of fused-ring (bicyclic) bond motifs is 1. The number of carbonyl (C=O) groups excluding carboxylic acids is 1. The van der Waals surface area contributed by atoms with Gasteiger partial charge in [0.05, 0.1) is 29.2 Å². The van der Waals surface area contributed by atoms with Gasteiger partial charge < -0.3 is 9.30 Å². The smallest absolute Gasteiger partial charge is 0.263 e. The van der Waals surface area contributed by atoms with Crippen molar-refractivity contribution in [2.75, 3.05) is 18.6 Å². The average molecular weight is 477 g/mol. The van der Waals surface area contributed by atoms with E-state index in [2.05, 4.69) is 4.98 Å². The molecule has 4 rings (SSSR count). The summed E-state index contributed by atoms with van der Waals surface area (Å²) >= 11 is 7.69. The number of thiazole rings is 1. The molecule has 4 aromatic rings. The molecule has 31 heavy (non-hydrogen) atoms. The van der Waals surface area contributed by atoms with Crippen LogP contribution in [0.3, 0.4) is 0 Å². The molecule has 0 aliphatic heterocycles. The van der Waals surface area contributed by atoms with Crippen LogP contribution in [0, 0.1) is 6.92 Å². The number of amides is 1. The van der Waals surface area contributed by atoms with Crippen LogP contribution < -0.4 is 9.64 Å². The van der Waals surface area contributed by atoms with Gasteiger partial charge in [-0.15, -0.1) is 12.4 Å². The number of anilines is 1. The van der Waals surface area contributed by atoms with Crippen LogP contribution in [0.2, 0.25) is 5.02 Å². The van der Waals surface area contributed by atoms with E-state index < -0.39 is 0 Å². The van der Waals surface area contributed by atoms with Gasteiger partial charge in [0.1, 0.15) is 5.75 Å². The summed E-state index contributed by atoms with van der Waals surface area (Å²) in [6.07, 6.45) is 6.18. The molecule has 0 unspecified atom stereocenters. The van der Waals surface area contributed by atoms with E-state index in [1.54, 1.807) is 42.7 Å². The third-order valence-corrected chi connectivity index (χ3v) is 6.11. The van der Waals surface area contributed by atoms with Gasteiger partial charge >= 0.3 is 0 Å². The first kappa shape index (κ1) is 23.1. The highest BCUT2D eigenvalue weighted by molar-refractivity contribution is 7.22. The van der Waals surface area contributed by atoms with Crippen LogP contribution in [0.4, 0.5) is 5.13 Å². The number of nitrogens with zero attached hydrogens (tertiary/aromatic N) is 4. The van der Waals surface area contributed by atoms with Crippen molar-refractivity contribution in [1.29, 1.82) is 0 Å². The fourth-order valence-electron chi connectivity index (χ4n) is 3.30. The molecule has 2 heterocycles. The van der Waals surface area contributed by atoms with Crippen LogP contribution in [0.1, 0.15) is 22.3 Å². The second-order valence-corrected chi connectivity index (χ2v) is 8.32. The van der Waals surface area contributed by atoms with Crippen LogP contribution in [-0.4, -0.2) is 34.1 Å². The zero-order valence-corrected chi connectivity index (χ0v) is 19.5. The lowest BCUT2D eigenvalue weighted by atomic mass is 10.1. The Hall–Kier alpha value is -2.61. The van der Waals surface area contributed by atoms with Gasteiger partial charge in [-0.25, -0.2) is 9.97 Å². The minimum absolute atomic E-state index is 0. The van der Waals surface area contributed by atoms with E-state index >= 15 is 0 Å². The van der Waals surface area contributed by atoms with Gasteiger partial charge in [-0.2, -0.15) is 0 Å². The topological polar surface area (TPSA) is 60.2 Å². The molecule has 0 bridgehead atoms. The van der Waals surface area contributed by atoms with E-state index in [1.807, 2.05) is 35.9 Å². The molecule has 0 spiro atoms. The average Bonchev–Trinajstić information content (AvgIpc) is 3.41. The molecule has 0 atom stereocenters. The molecule has 2 aromatic carbocycles. The first-order valence-electron chi connectivity index (χ1n) is 9.54. The summed E-state index contributed by atoms with van der Waals surface area (Å²) in [5.74, 6) is 0.304. The van der Waals surface area contributed by atoms with Gasteiger partial charge in [0.15, 0.2) is 5.13 Å². The third kappa shape index (κ3) is 5.01. The molecule has 9 heteroatoms. The Morgan fingerprint density at radius 3 is 2.84 bits per heavy atom. The number of para-hydroxylation sites is 1. The largest absolute Gasteiger partial charge is 0.496 e. The maximum Gasteiger partial charge on any atom is 0.263 e. The van der Waals surface area contributed by atoms with Crippen LogP contribution in [-0.2, 0) is 6.54 Å². The van der Waals surface area contributed by atoms with E-state index in [1.165, 1.54) is 11.3 Å². The molecule has 162 valence electrons. The standard InChI is InChI=1S/C22H21ClN4O2S.ClH/c1-15-5-3-6-19-20(15)25-22(30-19)27(11-4-10-26-12-9-24-14-26)21(28)17-13-16(23)7-8-18(17)29-2;/h3,5-9,12-14H,4,10-11H2,1-2H3;1H. The van der Waals surface area contributed by atoms with E-state index in [0.29, 0.717) is 28.0 Å². The monoisotopic (exact) mass is 476 g/mol. The zero-order valence-electron chi connectivity index (χ0n) is 17.1. The Labute approximate surface area is 195 Å². The molecule has 2 aromatic heterocycles. The number of aromatic nitrogens is 3. The number of halogens is 2. The summed E-state index contributed by atoms with van der Waals surface area (Å²) in [4.78, 5) is 24.1. The van der Waals surface area contributed by atoms with E-state index in [-0.39, 0.29) is 18.3 Å². The predicted molar refractivity (Wildman–Crippen MR) is 128 cm³/mol. The molecular weight excluding hydrogens is 455 g/mol. The first-order valence-corrected chi connectivity index (χ1v) is 10.7. The fraction of sp³-hybridized carbons (Fsp3) is 0.227. The van der Waals surface area contributed by atoms with Crippen molar-refractivity contribution in [1.82, 2.24) is 14.5 Å². The Morgan fingerprint density at radius 1 is 1.29 bits per heavy atom. The molecule has 0 aliphatic carbocycles. The number of rotatable bonds is 7. The second kappa shape index (κ2) is 10.1. The summed E-state index contributed by atoms with van der Waals surface area (Å²) in [6.45, 7) is 3.28. The number of ether oxygens (including phenoxy) is 1. The normalized spacial score (nSPS) is 10.7. The van der Waals surface area contributed by atoms with Crippen molar-refractivity contribution in [3.05, 3.63) is 71.3 Å². The van der Waals surface area contributed by atoms with Crippen molar-refractivity contribution >= 4 is 56.6 Å². The van der Waals surface area contributed by atoms with Crippen LogP contribution in [0.5, 0.6) is 5.75 Å². The SMILES string of the molecule is COc1ccc(Cl)cc1C(=O)N(CCCn1ccnc1)c1nc2c(C)cccc2s1.Cl. The molecule has 1 amide bonds. The lowest BCUT2D eigenvalue weighted by Crippen LogP contribution is -2.32. The molecule has 0 fully saturated rings. The quantitative estimate of drug-likeness (QED) is 0.347. The van der Waals surface area contributed by atoms with Crippen LogP contribution >= 0.6 is 35.3 Å². The Morgan fingerprint density at radius 2 is 2.13 bits per heavy atom. The summed E-state index contributed by atoms with van der Waals surface area (Å²) < 4.78 is 8.46. The first-order chi connectivity index (χ1) is 14.6. The van der Waals surface area contributed by atoms with Crippen LogP contribution in [0.15, 0.2) is 55.1 Å². The number of hydrogen-bond donors (Lipinski definition) is 0. The number of benzene rings is 2. The van der Waals surface area contributed by atoms with E-state index in [0.717, 1.165) is 28.7 Å². The summed E-state index contributed by atoms with van der Waals surface area (Å²) in [6, 6.07) is 11.1. The maximum atomic E-state index is 13.6. The van der Waals surface area contributed by atoms with Gasteiger partial charge in [0.25, 0.3) is 5.91 Å². The number of carbonyl (C=O) groups is 1. The van der Waals surface area contributed by atoms with E-state index in [9.17, 15) is 4.79 Å².